The Labute approximate surface area is 121 Å². The Morgan fingerprint density at radius 2 is 1.86 bits per heavy atom. The van der Waals surface area contributed by atoms with Crippen molar-refractivity contribution in [3.63, 3.8) is 0 Å². The molecule has 110 valence electrons. The fourth-order valence-electron chi connectivity index (χ4n) is 1.77. The van der Waals surface area contributed by atoms with Crippen molar-refractivity contribution in [2.24, 2.45) is 5.73 Å². The fourth-order valence-corrected chi connectivity index (χ4v) is 2.91. The van der Waals surface area contributed by atoms with Gasteiger partial charge in [-0.05, 0) is 17.7 Å². The van der Waals surface area contributed by atoms with Gasteiger partial charge in [-0.1, -0.05) is 24.3 Å². The number of nitrogens with two attached hydrogens (primary N) is 1. The van der Waals surface area contributed by atoms with Crippen LogP contribution in [0, 0.1) is 10.1 Å². The van der Waals surface area contributed by atoms with Crippen molar-refractivity contribution in [3.05, 3.63) is 64.2 Å². The van der Waals surface area contributed by atoms with Crippen LogP contribution >= 0.6 is 0 Å². The number of hydrogen-bond donors (Lipinski definition) is 2. The van der Waals surface area contributed by atoms with Crippen molar-refractivity contribution in [1.29, 1.82) is 0 Å². The number of para-hydroxylation sites is 1. The van der Waals surface area contributed by atoms with E-state index in [4.69, 9.17) is 5.73 Å². The third kappa shape index (κ3) is 3.36. The third-order valence-corrected chi connectivity index (χ3v) is 4.18. The summed E-state index contributed by atoms with van der Waals surface area (Å²) in [5, 5.41) is 10.7. The lowest BCUT2D eigenvalue weighted by atomic mass is 10.2. The van der Waals surface area contributed by atoms with Gasteiger partial charge in [-0.2, -0.15) is 0 Å². The summed E-state index contributed by atoms with van der Waals surface area (Å²) >= 11 is 0. The minimum atomic E-state index is -3.91. The second-order valence-electron chi connectivity index (χ2n) is 4.22. The first-order valence-corrected chi connectivity index (χ1v) is 7.47. The lowest BCUT2D eigenvalue weighted by molar-refractivity contribution is -0.385. The van der Waals surface area contributed by atoms with Crippen LogP contribution in [0.25, 0.3) is 0 Å². The first-order valence-electron chi connectivity index (χ1n) is 5.99. The number of nitro groups is 1. The Bertz CT molecular complexity index is 774. The number of sulfonamides is 1. The Hall–Kier alpha value is -2.45. The molecule has 0 saturated carbocycles. The zero-order valence-corrected chi connectivity index (χ0v) is 11.7. The molecule has 7 nitrogen and oxygen atoms in total. The normalized spacial score (nSPS) is 11.1. The number of nitro benzene ring substituents is 1. The summed E-state index contributed by atoms with van der Waals surface area (Å²) in [5.74, 6) is 0. The van der Waals surface area contributed by atoms with E-state index in [1.807, 2.05) is 0 Å². The second-order valence-corrected chi connectivity index (χ2v) is 5.90. The Balaban J connectivity index is 2.39. The van der Waals surface area contributed by atoms with Crippen molar-refractivity contribution < 1.29 is 13.3 Å². The van der Waals surface area contributed by atoms with E-state index in [9.17, 15) is 18.5 Å². The van der Waals surface area contributed by atoms with Crippen LogP contribution in [0.3, 0.4) is 0 Å². The summed E-state index contributed by atoms with van der Waals surface area (Å²) < 4.78 is 26.9. The third-order valence-electron chi connectivity index (χ3n) is 2.82. The molecular formula is C13H13N3O4S. The average molecular weight is 307 g/mol. The monoisotopic (exact) mass is 307 g/mol. The summed E-state index contributed by atoms with van der Waals surface area (Å²) in [6.07, 6.45) is 0. The van der Waals surface area contributed by atoms with E-state index in [0.29, 0.717) is 11.3 Å². The van der Waals surface area contributed by atoms with E-state index >= 15 is 0 Å². The van der Waals surface area contributed by atoms with Crippen LogP contribution in [-0.4, -0.2) is 13.3 Å². The molecule has 0 radical (unpaired) electrons. The molecule has 8 heteroatoms. The number of non-ortho nitro benzene ring substituents is 1. The molecule has 0 bridgehead atoms. The largest absolute Gasteiger partial charge is 0.326 e. The molecule has 0 aromatic heterocycles. The van der Waals surface area contributed by atoms with Gasteiger partial charge < -0.3 is 5.73 Å². The zero-order valence-electron chi connectivity index (χ0n) is 10.9. The fraction of sp³-hybridized carbons (Fsp3) is 0.0769. The van der Waals surface area contributed by atoms with Crippen LogP contribution in [0.2, 0.25) is 0 Å². The van der Waals surface area contributed by atoms with E-state index < -0.39 is 14.9 Å². The summed E-state index contributed by atoms with van der Waals surface area (Å²) in [6.45, 7) is 0.174. The molecule has 0 aliphatic heterocycles. The molecule has 0 aliphatic carbocycles. The number of benzene rings is 2. The maximum atomic E-state index is 12.3. The van der Waals surface area contributed by atoms with Crippen molar-refractivity contribution in [2.75, 3.05) is 4.72 Å². The summed E-state index contributed by atoms with van der Waals surface area (Å²) in [4.78, 5) is 9.89. The minimum absolute atomic E-state index is 0.174. The first kappa shape index (κ1) is 14.9. The van der Waals surface area contributed by atoms with Gasteiger partial charge in [-0.15, -0.1) is 0 Å². The molecule has 2 aromatic carbocycles. The molecule has 3 N–H and O–H groups in total. The highest BCUT2D eigenvalue weighted by Crippen LogP contribution is 2.22. The molecule has 0 amide bonds. The SMILES string of the molecule is NCc1ccccc1NS(=O)(=O)c1cccc([N+](=O)[O-])c1. The van der Waals surface area contributed by atoms with E-state index in [-0.39, 0.29) is 17.1 Å². The van der Waals surface area contributed by atoms with Gasteiger partial charge in [0.25, 0.3) is 15.7 Å². The number of rotatable bonds is 5. The number of nitrogens with zero attached hydrogens (tertiary/aromatic N) is 1. The van der Waals surface area contributed by atoms with Gasteiger partial charge in [0.1, 0.15) is 0 Å². The van der Waals surface area contributed by atoms with E-state index in [2.05, 4.69) is 4.72 Å². The smallest absolute Gasteiger partial charge is 0.270 e. The van der Waals surface area contributed by atoms with Crippen molar-refractivity contribution in [3.8, 4) is 0 Å². The zero-order chi connectivity index (χ0) is 15.5. The molecule has 0 fully saturated rings. The molecule has 21 heavy (non-hydrogen) atoms. The standard InChI is InChI=1S/C13H13N3O4S/c14-9-10-4-1-2-7-13(10)15-21(19,20)12-6-3-5-11(8-12)16(17)18/h1-8,15H,9,14H2. The molecule has 0 heterocycles. The predicted molar refractivity (Wildman–Crippen MR) is 78.2 cm³/mol. The van der Waals surface area contributed by atoms with Crippen molar-refractivity contribution in [2.45, 2.75) is 11.4 Å². The summed E-state index contributed by atoms with van der Waals surface area (Å²) in [6, 6.07) is 11.5. The maximum Gasteiger partial charge on any atom is 0.270 e. The Kier molecular flexibility index (Phi) is 4.20. The molecule has 2 rings (SSSR count). The predicted octanol–water partition coefficient (Wildman–Crippen LogP) is 1.85. The quantitative estimate of drug-likeness (QED) is 0.646. The Morgan fingerprint density at radius 1 is 1.14 bits per heavy atom. The first-order chi connectivity index (χ1) is 9.94. The van der Waals surface area contributed by atoms with Crippen molar-refractivity contribution in [1.82, 2.24) is 0 Å². The lowest BCUT2D eigenvalue weighted by Gasteiger charge is -2.11. The topological polar surface area (TPSA) is 115 Å². The van der Waals surface area contributed by atoms with Gasteiger partial charge >= 0.3 is 0 Å². The van der Waals surface area contributed by atoms with Gasteiger partial charge in [0.05, 0.1) is 15.5 Å². The summed E-state index contributed by atoms with van der Waals surface area (Å²) in [5.41, 5.74) is 6.25. The molecule has 0 unspecified atom stereocenters. The second kappa shape index (κ2) is 5.90. The lowest BCUT2D eigenvalue weighted by Crippen LogP contribution is -2.15. The number of hydrogen-bond acceptors (Lipinski definition) is 5. The molecule has 2 aromatic rings. The molecular weight excluding hydrogens is 294 g/mol. The Morgan fingerprint density at radius 3 is 2.52 bits per heavy atom. The number of anilines is 1. The number of nitrogens with one attached hydrogen (secondary N) is 1. The van der Waals surface area contributed by atoms with Gasteiger partial charge in [0.2, 0.25) is 0 Å². The highest BCUT2D eigenvalue weighted by Gasteiger charge is 2.18. The van der Waals surface area contributed by atoms with Crippen LogP contribution in [0.1, 0.15) is 5.56 Å². The van der Waals surface area contributed by atoms with Gasteiger partial charge in [0, 0.05) is 18.7 Å². The van der Waals surface area contributed by atoms with Gasteiger partial charge in [0.15, 0.2) is 0 Å². The summed E-state index contributed by atoms with van der Waals surface area (Å²) in [7, 11) is -3.91. The average Bonchev–Trinajstić information content (AvgIpc) is 2.47. The van der Waals surface area contributed by atoms with E-state index in [1.165, 1.54) is 18.2 Å². The molecule has 0 saturated heterocycles. The van der Waals surface area contributed by atoms with Crippen LogP contribution in [0.5, 0.6) is 0 Å². The maximum absolute atomic E-state index is 12.3. The van der Waals surface area contributed by atoms with Crippen molar-refractivity contribution >= 4 is 21.4 Å². The van der Waals surface area contributed by atoms with E-state index in [0.717, 1.165) is 6.07 Å². The molecule has 0 aliphatic rings. The van der Waals surface area contributed by atoms with E-state index in [1.54, 1.807) is 24.3 Å². The highest BCUT2D eigenvalue weighted by molar-refractivity contribution is 7.92. The van der Waals surface area contributed by atoms with Crippen LogP contribution < -0.4 is 10.5 Å². The highest BCUT2D eigenvalue weighted by atomic mass is 32.2. The van der Waals surface area contributed by atoms with Gasteiger partial charge in [-0.3, -0.25) is 14.8 Å². The molecule has 0 atom stereocenters. The van der Waals surface area contributed by atoms with Crippen LogP contribution in [0.15, 0.2) is 53.4 Å². The van der Waals surface area contributed by atoms with Gasteiger partial charge in [-0.25, -0.2) is 8.42 Å². The molecule has 0 spiro atoms. The van der Waals surface area contributed by atoms with Crippen LogP contribution in [-0.2, 0) is 16.6 Å². The van der Waals surface area contributed by atoms with Crippen LogP contribution in [0.4, 0.5) is 11.4 Å². The minimum Gasteiger partial charge on any atom is -0.326 e.